The Bertz CT molecular complexity index is 588. The van der Waals surface area contributed by atoms with Crippen LogP contribution < -0.4 is 10.6 Å². The maximum absolute atomic E-state index is 11.4. The van der Waals surface area contributed by atoms with Crippen LogP contribution in [0.25, 0.3) is 11.5 Å². The van der Waals surface area contributed by atoms with E-state index in [2.05, 4.69) is 20.8 Å². The zero-order valence-corrected chi connectivity index (χ0v) is 11.4. The topological polar surface area (TPSA) is 80.0 Å². The van der Waals surface area contributed by atoms with Crippen LogP contribution in [0, 0.1) is 20.8 Å². The van der Waals surface area contributed by atoms with E-state index < -0.39 is 0 Å². The van der Waals surface area contributed by atoms with Gasteiger partial charge in [-0.3, -0.25) is 5.32 Å². The maximum atomic E-state index is 11.4. The Kier molecular flexibility index (Phi) is 3.33. The average molecular weight is 266 g/mol. The molecule has 0 atom stereocenters. The highest BCUT2D eigenvalue weighted by atomic mass is 32.1. The first-order chi connectivity index (χ1) is 8.52. The van der Waals surface area contributed by atoms with E-state index in [4.69, 9.17) is 4.42 Å². The van der Waals surface area contributed by atoms with Gasteiger partial charge < -0.3 is 9.73 Å². The molecule has 0 fully saturated rings. The number of aromatic nitrogens is 2. The van der Waals surface area contributed by atoms with Crippen LogP contribution in [0.2, 0.25) is 0 Å². The Labute approximate surface area is 108 Å². The molecule has 0 spiro atoms. The van der Waals surface area contributed by atoms with E-state index in [0.717, 1.165) is 16.0 Å². The molecule has 0 bridgehead atoms. The lowest BCUT2D eigenvalue weighted by Gasteiger charge is -2.03. The summed E-state index contributed by atoms with van der Waals surface area (Å²) >= 11 is 1.49. The van der Waals surface area contributed by atoms with Crippen molar-refractivity contribution in [3.8, 4) is 11.5 Å². The molecule has 7 heteroatoms. The van der Waals surface area contributed by atoms with Crippen molar-refractivity contribution in [3.05, 3.63) is 16.3 Å². The van der Waals surface area contributed by atoms with Gasteiger partial charge in [0.1, 0.15) is 5.00 Å². The number of rotatable bonds is 2. The van der Waals surface area contributed by atoms with Crippen molar-refractivity contribution in [2.75, 3.05) is 12.4 Å². The first-order valence-electron chi connectivity index (χ1n) is 5.42. The number of anilines is 1. The fourth-order valence-corrected chi connectivity index (χ4v) is 2.58. The smallest absolute Gasteiger partial charge is 0.319 e. The van der Waals surface area contributed by atoms with Crippen LogP contribution in [0.5, 0.6) is 0 Å². The number of carbonyl (C=O) groups is 1. The third-order valence-corrected chi connectivity index (χ3v) is 3.70. The Hall–Kier alpha value is -1.89. The van der Waals surface area contributed by atoms with Crippen molar-refractivity contribution in [1.82, 2.24) is 15.5 Å². The van der Waals surface area contributed by atoms with Crippen molar-refractivity contribution in [2.24, 2.45) is 0 Å². The fraction of sp³-hybridized carbons (Fsp3) is 0.364. The number of hydrogen-bond donors (Lipinski definition) is 2. The molecule has 2 heterocycles. The summed E-state index contributed by atoms with van der Waals surface area (Å²) in [6.45, 7) is 5.69. The second-order valence-electron chi connectivity index (χ2n) is 3.82. The Balaban J connectivity index is 2.47. The number of aryl methyl sites for hydroxylation is 2. The molecule has 0 aliphatic carbocycles. The Morgan fingerprint density at radius 1 is 1.28 bits per heavy atom. The summed E-state index contributed by atoms with van der Waals surface area (Å²) in [5.41, 5.74) is 1.83. The molecule has 6 nitrogen and oxygen atoms in total. The second kappa shape index (κ2) is 4.77. The van der Waals surface area contributed by atoms with Crippen LogP contribution in [0.3, 0.4) is 0 Å². The molecule has 0 radical (unpaired) electrons. The quantitative estimate of drug-likeness (QED) is 0.875. The standard InChI is InChI=1S/C11H14N4O2S/c1-5-6(2)18-10(13-11(16)12-4)8(5)9-15-14-7(3)17-9/h1-4H3,(H2,12,13,16). The van der Waals surface area contributed by atoms with E-state index in [1.807, 2.05) is 13.8 Å². The molecule has 2 aromatic rings. The number of thiophene rings is 1. The van der Waals surface area contributed by atoms with E-state index in [1.54, 1.807) is 14.0 Å². The van der Waals surface area contributed by atoms with Gasteiger partial charge in [0.2, 0.25) is 5.89 Å². The molecule has 0 aromatic carbocycles. The van der Waals surface area contributed by atoms with Crippen LogP contribution in [0.15, 0.2) is 4.42 Å². The number of hydrogen-bond acceptors (Lipinski definition) is 5. The second-order valence-corrected chi connectivity index (χ2v) is 5.04. The molecular formula is C11H14N4O2S. The maximum Gasteiger partial charge on any atom is 0.319 e. The molecule has 0 aliphatic rings. The predicted octanol–water partition coefficient (Wildman–Crippen LogP) is 2.47. The number of nitrogens with zero attached hydrogens (tertiary/aromatic N) is 2. The van der Waals surface area contributed by atoms with Gasteiger partial charge in [0.15, 0.2) is 0 Å². The van der Waals surface area contributed by atoms with Crippen molar-refractivity contribution < 1.29 is 9.21 Å². The zero-order valence-electron chi connectivity index (χ0n) is 10.6. The van der Waals surface area contributed by atoms with Crippen LogP contribution in [0.1, 0.15) is 16.3 Å². The van der Waals surface area contributed by atoms with E-state index in [1.165, 1.54) is 11.3 Å². The van der Waals surface area contributed by atoms with Crippen LogP contribution in [-0.2, 0) is 0 Å². The summed E-state index contributed by atoms with van der Waals surface area (Å²) in [4.78, 5) is 12.5. The highest BCUT2D eigenvalue weighted by Gasteiger charge is 2.20. The minimum Gasteiger partial charge on any atom is -0.421 e. The molecule has 2 rings (SSSR count). The predicted molar refractivity (Wildman–Crippen MR) is 69.9 cm³/mol. The van der Waals surface area contributed by atoms with Crippen LogP contribution in [-0.4, -0.2) is 23.3 Å². The highest BCUT2D eigenvalue weighted by molar-refractivity contribution is 7.17. The minimum atomic E-state index is -0.270. The number of urea groups is 1. The van der Waals surface area contributed by atoms with Gasteiger partial charge in [-0.25, -0.2) is 4.79 Å². The largest absolute Gasteiger partial charge is 0.421 e. The number of amides is 2. The van der Waals surface area contributed by atoms with Crippen molar-refractivity contribution in [2.45, 2.75) is 20.8 Å². The van der Waals surface area contributed by atoms with Gasteiger partial charge in [0.05, 0.1) is 5.56 Å². The normalized spacial score (nSPS) is 10.4. The Morgan fingerprint density at radius 3 is 2.56 bits per heavy atom. The summed E-state index contributed by atoms with van der Waals surface area (Å²) in [7, 11) is 1.57. The first kappa shape index (κ1) is 12.6. The SMILES string of the molecule is CNC(=O)Nc1sc(C)c(C)c1-c1nnc(C)o1. The van der Waals surface area contributed by atoms with Crippen LogP contribution in [0.4, 0.5) is 9.80 Å². The number of nitrogens with one attached hydrogen (secondary N) is 2. The third kappa shape index (κ3) is 2.21. The molecule has 18 heavy (non-hydrogen) atoms. The molecular weight excluding hydrogens is 252 g/mol. The molecule has 2 amide bonds. The highest BCUT2D eigenvalue weighted by Crippen LogP contribution is 2.39. The molecule has 0 aliphatic heterocycles. The van der Waals surface area contributed by atoms with Crippen molar-refractivity contribution >= 4 is 22.4 Å². The van der Waals surface area contributed by atoms with Gasteiger partial charge >= 0.3 is 6.03 Å². The Morgan fingerprint density at radius 2 is 2.00 bits per heavy atom. The monoisotopic (exact) mass is 266 g/mol. The molecule has 2 N–H and O–H groups in total. The van der Waals surface area contributed by atoms with Gasteiger partial charge in [-0.05, 0) is 19.4 Å². The van der Waals surface area contributed by atoms with Crippen molar-refractivity contribution in [1.29, 1.82) is 0 Å². The number of carbonyl (C=O) groups excluding carboxylic acids is 1. The van der Waals surface area contributed by atoms with Gasteiger partial charge in [-0.1, -0.05) is 0 Å². The lowest BCUT2D eigenvalue weighted by atomic mass is 10.1. The van der Waals surface area contributed by atoms with E-state index in [-0.39, 0.29) is 6.03 Å². The van der Waals surface area contributed by atoms with Crippen LogP contribution >= 0.6 is 11.3 Å². The summed E-state index contributed by atoms with van der Waals surface area (Å²) in [6, 6.07) is -0.270. The minimum absolute atomic E-state index is 0.270. The first-order valence-corrected chi connectivity index (χ1v) is 6.23. The molecule has 2 aromatic heterocycles. The van der Waals surface area contributed by atoms with E-state index >= 15 is 0 Å². The molecule has 0 saturated carbocycles. The van der Waals surface area contributed by atoms with Gasteiger partial charge in [-0.15, -0.1) is 21.5 Å². The third-order valence-electron chi connectivity index (χ3n) is 2.58. The molecule has 96 valence electrons. The van der Waals surface area contributed by atoms with E-state index in [0.29, 0.717) is 16.8 Å². The van der Waals surface area contributed by atoms with Crippen molar-refractivity contribution in [3.63, 3.8) is 0 Å². The van der Waals surface area contributed by atoms with Gasteiger partial charge in [0.25, 0.3) is 5.89 Å². The summed E-state index contributed by atoms with van der Waals surface area (Å²) < 4.78 is 5.43. The van der Waals surface area contributed by atoms with Gasteiger partial charge in [0, 0.05) is 18.8 Å². The molecule has 0 unspecified atom stereocenters. The molecule has 0 saturated heterocycles. The summed E-state index contributed by atoms with van der Waals surface area (Å²) in [6.07, 6.45) is 0. The van der Waals surface area contributed by atoms with E-state index in [9.17, 15) is 4.79 Å². The average Bonchev–Trinajstić information content (AvgIpc) is 2.85. The lowest BCUT2D eigenvalue weighted by Crippen LogP contribution is -2.24. The fourth-order valence-electron chi connectivity index (χ4n) is 1.54. The zero-order chi connectivity index (χ0) is 13.3. The van der Waals surface area contributed by atoms with Gasteiger partial charge in [-0.2, -0.15) is 0 Å². The summed E-state index contributed by atoms with van der Waals surface area (Å²) in [5, 5.41) is 13.8. The summed E-state index contributed by atoms with van der Waals surface area (Å²) in [5.74, 6) is 0.930. The lowest BCUT2D eigenvalue weighted by molar-refractivity contribution is 0.254.